The van der Waals surface area contributed by atoms with E-state index in [1.54, 1.807) is 19.1 Å². The lowest BCUT2D eigenvalue weighted by Gasteiger charge is -2.16. The van der Waals surface area contributed by atoms with Crippen molar-refractivity contribution in [2.75, 3.05) is 6.54 Å². The molecule has 0 spiro atoms. The summed E-state index contributed by atoms with van der Waals surface area (Å²) in [6.07, 6.45) is 0.901. The summed E-state index contributed by atoms with van der Waals surface area (Å²) in [4.78, 5) is 22.7. The molecule has 23 heavy (non-hydrogen) atoms. The summed E-state index contributed by atoms with van der Waals surface area (Å²) in [6, 6.07) is 14.5. The van der Waals surface area contributed by atoms with Crippen molar-refractivity contribution in [2.45, 2.75) is 26.2 Å². The first-order valence-electron chi connectivity index (χ1n) is 7.61. The van der Waals surface area contributed by atoms with Crippen LogP contribution in [-0.4, -0.2) is 17.4 Å². The Morgan fingerprint density at radius 2 is 1.91 bits per heavy atom. The minimum Gasteiger partial charge on any atom is -0.351 e. The van der Waals surface area contributed by atoms with Crippen LogP contribution in [0.1, 0.15) is 40.7 Å². The van der Waals surface area contributed by atoms with Crippen LogP contribution in [0.5, 0.6) is 0 Å². The van der Waals surface area contributed by atoms with Crippen molar-refractivity contribution in [1.82, 2.24) is 5.32 Å². The second-order valence-corrected chi connectivity index (χ2v) is 5.48. The van der Waals surface area contributed by atoms with E-state index >= 15 is 0 Å². The summed E-state index contributed by atoms with van der Waals surface area (Å²) in [5, 5.41) is 13.8. The molecule has 0 aliphatic carbocycles. The van der Waals surface area contributed by atoms with Gasteiger partial charge < -0.3 is 5.32 Å². The molecule has 0 bridgehead atoms. The van der Waals surface area contributed by atoms with Gasteiger partial charge in [-0.1, -0.05) is 43.3 Å². The first kappa shape index (κ1) is 16.7. The number of hydrogen-bond donors (Lipinski definition) is 1. The average Bonchev–Trinajstić information content (AvgIpc) is 2.56. The smallest absolute Gasteiger partial charge is 0.273 e. The zero-order valence-electron chi connectivity index (χ0n) is 13.3. The van der Waals surface area contributed by atoms with Gasteiger partial charge in [0.15, 0.2) is 0 Å². The molecule has 1 amide bonds. The van der Waals surface area contributed by atoms with E-state index in [0.29, 0.717) is 17.7 Å². The van der Waals surface area contributed by atoms with Gasteiger partial charge in [-0.3, -0.25) is 14.9 Å². The fraction of sp³-hybridized carbons (Fsp3) is 0.278. The topological polar surface area (TPSA) is 72.2 Å². The van der Waals surface area contributed by atoms with Crippen LogP contribution < -0.4 is 5.32 Å². The first-order chi connectivity index (χ1) is 11.0. The number of nitro benzene ring substituents is 1. The lowest BCUT2D eigenvalue weighted by atomic mass is 9.96. The standard InChI is InChI=1S/C18H20N2O3/c1-3-14(15-7-5-4-6-8-15)12-19-18(21)16-10-9-13(2)17(11-16)20(22)23/h4-11,14H,3,12H2,1-2H3,(H,19,21). The minimum absolute atomic E-state index is 0.0345. The van der Waals surface area contributed by atoms with Crippen molar-refractivity contribution in [3.05, 3.63) is 75.3 Å². The van der Waals surface area contributed by atoms with Crippen LogP contribution in [0, 0.1) is 17.0 Å². The van der Waals surface area contributed by atoms with Crippen LogP contribution in [0.3, 0.4) is 0 Å². The Morgan fingerprint density at radius 3 is 2.52 bits per heavy atom. The van der Waals surface area contributed by atoms with Crippen molar-refractivity contribution < 1.29 is 9.72 Å². The molecule has 1 unspecified atom stereocenters. The first-order valence-corrected chi connectivity index (χ1v) is 7.61. The average molecular weight is 312 g/mol. The van der Waals surface area contributed by atoms with Gasteiger partial charge in [-0.05, 0) is 25.0 Å². The molecule has 0 aliphatic rings. The third-order valence-electron chi connectivity index (χ3n) is 3.94. The van der Waals surface area contributed by atoms with Gasteiger partial charge >= 0.3 is 0 Å². The lowest BCUT2D eigenvalue weighted by molar-refractivity contribution is -0.385. The fourth-order valence-electron chi connectivity index (χ4n) is 2.49. The fourth-order valence-corrected chi connectivity index (χ4v) is 2.49. The van der Waals surface area contributed by atoms with Gasteiger partial charge in [-0.2, -0.15) is 0 Å². The number of nitrogens with one attached hydrogen (secondary N) is 1. The molecule has 2 rings (SSSR count). The molecule has 5 nitrogen and oxygen atoms in total. The summed E-state index contributed by atoms with van der Waals surface area (Å²) in [7, 11) is 0. The molecule has 1 atom stereocenters. The highest BCUT2D eigenvalue weighted by atomic mass is 16.6. The maximum absolute atomic E-state index is 12.2. The Labute approximate surface area is 135 Å². The number of rotatable bonds is 6. The largest absolute Gasteiger partial charge is 0.351 e. The Morgan fingerprint density at radius 1 is 1.22 bits per heavy atom. The lowest BCUT2D eigenvalue weighted by Crippen LogP contribution is -2.28. The summed E-state index contributed by atoms with van der Waals surface area (Å²) in [5.74, 6) is -0.0666. The number of nitrogens with zero attached hydrogens (tertiary/aromatic N) is 1. The molecule has 1 N–H and O–H groups in total. The van der Waals surface area contributed by atoms with Crippen molar-refractivity contribution in [3.63, 3.8) is 0 Å². The predicted octanol–water partition coefficient (Wildman–Crippen LogP) is 3.83. The van der Waals surface area contributed by atoms with Gasteiger partial charge in [0.25, 0.3) is 11.6 Å². The summed E-state index contributed by atoms with van der Waals surface area (Å²) in [5.41, 5.74) is 1.99. The maximum atomic E-state index is 12.2. The third kappa shape index (κ3) is 4.16. The molecule has 120 valence electrons. The van der Waals surface area contributed by atoms with Crippen LogP contribution in [0.25, 0.3) is 0 Å². The zero-order valence-corrected chi connectivity index (χ0v) is 13.3. The summed E-state index contributed by atoms with van der Waals surface area (Å²) >= 11 is 0. The molecule has 5 heteroatoms. The molecule has 0 fully saturated rings. The van der Waals surface area contributed by atoms with Gasteiger partial charge in [0.2, 0.25) is 0 Å². The highest BCUT2D eigenvalue weighted by Gasteiger charge is 2.16. The van der Waals surface area contributed by atoms with Crippen LogP contribution in [0.4, 0.5) is 5.69 Å². The molecule has 2 aromatic rings. The van der Waals surface area contributed by atoms with E-state index in [2.05, 4.69) is 12.2 Å². The van der Waals surface area contributed by atoms with E-state index in [-0.39, 0.29) is 17.5 Å². The molecule has 0 aliphatic heterocycles. The zero-order chi connectivity index (χ0) is 16.8. The Bertz CT molecular complexity index is 699. The molecule has 0 radical (unpaired) electrons. The molecule has 0 heterocycles. The predicted molar refractivity (Wildman–Crippen MR) is 89.6 cm³/mol. The van der Waals surface area contributed by atoms with Crippen molar-refractivity contribution >= 4 is 11.6 Å². The van der Waals surface area contributed by atoms with Crippen LogP contribution in [0.15, 0.2) is 48.5 Å². The molecule has 2 aromatic carbocycles. The third-order valence-corrected chi connectivity index (χ3v) is 3.94. The van der Waals surface area contributed by atoms with E-state index in [1.165, 1.54) is 11.6 Å². The summed E-state index contributed by atoms with van der Waals surface area (Å²) < 4.78 is 0. The molecular formula is C18H20N2O3. The highest BCUT2D eigenvalue weighted by Crippen LogP contribution is 2.20. The van der Waals surface area contributed by atoms with Gasteiger partial charge in [0.1, 0.15) is 0 Å². The van der Waals surface area contributed by atoms with Crippen LogP contribution in [-0.2, 0) is 0 Å². The van der Waals surface area contributed by atoms with Gasteiger partial charge in [-0.15, -0.1) is 0 Å². The van der Waals surface area contributed by atoms with Gasteiger partial charge in [0.05, 0.1) is 4.92 Å². The van der Waals surface area contributed by atoms with Crippen molar-refractivity contribution in [2.24, 2.45) is 0 Å². The maximum Gasteiger partial charge on any atom is 0.273 e. The number of aryl methyl sites for hydroxylation is 1. The Hall–Kier alpha value is -2.69. The Kier molecular flexibility index (Phi) is 5.46. The molecular weight excluding hydrogens is 292 g/mol. The molecule has 0 saturated heterocycles. The van der Waals surface area contributed by atoms with E-state index < -0.39 is 4.92 Å². The van der Waals surface area contributed by atoms with Crippen LogP contribution in [0.2, 0.25) is 0 Å². The van der Waals surface area contributed by atoms with Gasteiger partial charge in [0, 0.05) is 29.7 Å². The number of amides is 1. The monoisotopic (exact) mass is 312 g/mol. The molecule has 0 saturated carbocycles. The number of carbonyl (C=O) groups excluding carboxylic acids is 1. The quantitative estimate of drug-likeness (QED) is 0.651. The van der Waals surface area contributed by atoms with Crippen molar-refractivity contribution in [3.8, 4) is 0 Å². The number of hydrogen-bond acceptors (Lipinski definition) is 3. The second-order valence-electron chi connectivity index (χ2n) is 5.48. The molecule has 0 aromatic heterocycles. The number of benzene rings is 2. The van der Waals surface area contributed by atoms with Crippen LogP contribution >= 0.6 is 0 Å². The Balaban J connectivity index is 2.07. The van der Waals surface area contributed by atoms with E-state index in [1.807, 2.05) is 30.3 Å². The SMILES string of the molecule is CCC(CNC(=O)c1ccc(C)c([N+](=O)[O-])c1)c1ccccc1. The normalized spacial score (nSPS) is 11.7. The van der Waals surface area contributed by atoms with E-state index in [4.69, 9.17) is 0 Å². The summed E-state index contributed by atoms with van der Waals surface area (Å²) in [6.45, 7) is 4.23. The number of nitro groups is 1. The van der Waals surface area contributed by atoms with Gasteiger partial charge in [-0.25, -0.2) is 0 Å². The second kappa shape index (κ2) is 7.54. The minimum atomic E-state index is -0.467. The highest BCUT2D eigenvalue weighted by molar-refractivity contribution is 5.95. The van der Waals surface area contributed by atoms with E-state index in [0.717, 1.165) is 6.42 Å². The number of carbonyl (C=O) groups is 1. The van der Waals surface area contributed by atoms with E-state index in [9.17, 15) is 14.9 Å². The van der Waals surface area contributed by atoms with Crippen molar-refractivity contribution in [1.29, 1.82) is 0 Å².